The molecule has 0 N–H and O–H groups in total. The fourth-order valence-corrected chi connectivity index (χ4v) is 1.83. The first-order valence-corrected chi connectivity index (χ1v) is 4.57. The minimum absolute atomic E-state index is 0.00231. The zero-order valence-corrected chi connectivity index (χ0v) is 8.28. The number of aromatic nitrogens is 1. The van der Waals surface area contributed by atoms with E-state index in [2.05, 4.69) is 0 Å². The van der Waals surface area contributed by atoms with E-state index in [1.807, 2.05) is 11.9 Å². The van der Waals surface area contributed by atoms with Gasteiger partial charge < -0.3 is 4.90 Å². The van der Waals surface area contributed by atoms with Gasteiger partial charge in [0.2, 0.25) is 0 Å². The summed E-state index contributed by atoms with van der Waals surface area (Å²) in [5.74, 6) is 0.757. The number of nitrogens with zero attached hydrogens (tertiary/aromatic N) is 2. The standard InChI is InChI=1S/C10H12N2O2/c1-7(13)8-3-4-9(14)12-6-5-11(2)10(8)12/h3-4H,5-6H2,1-2H3. The lowest BCUT2D eigenvalue weighted by Gasteiger charge is -2.14. The molecule has 4 heteroatoms. The molecular formula is C10H12N2O2. The fraction of sp³-hybridized carbons (Fsp3) is 0.400. The largest absolute Gasteiger partial charge is 0.359 e. The number of anilines is 1. The third-order valence-electron chi connectivity index (χ3n) is 2.56. The number of ketones is 1. The normalized spacial score (nSPS) is 14.3. The van der Waals surface area contributed by atoms with Gasteiger partial charge in [-0.05, 0) is 13.0 Å². The number of fused-ring (bicyclic) bond motifs is 1. The first kappa shape index (κ1) is 8.99. The van der Waals surface area contributed by atoms with E-state index in [0.717, 1.165) is 12.4 Å². The summed E-state index contributed by atoms with van der Waals surface area (Å²) in [5, 5.41) is 0. The SMILES string of the molecule is CC(=O)c1ccc(=O)n2c1N(C)CC2. The zero-order chi connectivity index (χ0) is 10.3. The van der Waals surface area contributed by atoms with Crippen molar-refractivity contribution in [2.45, 2.75) is 13.5 Å². The quantitative estimate of drug-likeness (QED) is 0.608. The van der Waals surface area contributed by atoms with E-state index in [9.17, 15) is 9.59 Å². The van der Waals surface area contributed by atoms with Gasteiger partial charge in [-0.25, -0.2) is 0 Å². The minimum Gasteiger partial charge on any atom is -0.359 e. The Hall–Kier alpha value is -1.58. The van der Waals surface area contributed by atoms with Gasteiger partial charge in [0.05, 0.1) is 5.56 Å². The van der Waals surface area contributed by atoms with Crippen molar-refractivity contribution < 1.29 is 4.79 Å². The Morgan fingerprint density at radius 3 is 2.71 bits per heavy atom. The second-order valence-corrected chi connectivity index (χ2v) is 3.54. The van der Waals surface area contributed by atoms with E-state index in [-0.39, 0.29) is 11.3 Å². The van der Waals surface area contributed by atoms with E-state index in [0.29, 0.717) is 12.1 Å². The number of likely N-dealkylation sites (N-methyl/N-ethyl adjacent to an activating group) is 1. The van der Waals surface area contributed by atoms with Crippen LogP contribution in [0.1, 0.15) is 17.3 Å². The zero-order valence-electron chi connectivity index (χ0n) is 8.28. The molecule has 1 aliphatic heterocycles. The summed E-state index contributed by atoms with van der Waals surface area (Å²) in [6.07, 6.45) is 0. The molecule has 74 valence electrons. The maximum atomic E-state index is 11.5. The summed E-state index contributed by atoms with van der Waals surface area (Å²) < 4.78 is 1.65. The third-order valence-corrected chi connectivity index (χ3v) is 2.56. The number of pyridine rings is 1. The van der Waals surface area contributed by atoms with E-state index < -0.39 is 0 Å². The molecule has 0 aromatic carbocycles. The van der Waals surface area contributed by atoms with Crippen molar-refractivity contribution in [3.8, 4) is 0 Å². The van der Waals surface area contributed by atoms with Crippen LogP contribution in [0.25, 0.3) is 0 Å². The summed E-state index contributed by atoms with van der Waals surface area (Å²) in [4.78, 5) is 24.7. The molecule has 14 heavy (non-hydrogen) atoms. The van der Waals surface area contributed by atoms with Crippen LogP contribution < -0.4 is 10.5 Å². The van der Waals surface area contributed by atoms with E-state index in [1.54, 1.807) is 10.6 Å². The lowest BCUT2D eigenvalue weighted by Crippen LogP contribution is -2.20. The highest BCUT2D eigenvalue weighted by molar-refractivity contribution is 5.99. The van der Waals surface area contributed by atoms with Crippen molar-refractivity contribution in [2.75, 3.05) is 18.5 Å². The molecule has 1 aromatic heterocycles. The van der Waals surface area contributed by atoms with Crippen LogP contribution in [0.5, 0.6) is 0 Å². The Balaban J connectivity index is 2.72. The summed E-state index contributed by atoms with van der Waals surface area (Å²) in [6.45, 7) is 2.98. The number of hydrogen-bond acceptors (Lipinski definition) is 3. The van der Waals surface area contributed by atoms with Crippen LogP contribution >= 0.6 is 0 Å². The van der Waals surface area contributed by atoms with Gasteiger partial charge >= 0.3 is 0 Å². The molecule has 0 radical (unpaired) electrons. The van der Waals surface area contributed by atoms with Gasteiger partial charge in [-0.1, -0.05) is 0 Å². The summed E-state index contributed by atoms with van der Waals surface area (Å²) in [6, 6.07) is 3.07. The maximum absolute atomic E-state index is 11.5. The van der Waals surface area contributed by atoms with E-state index >= 15 is 0 Å². The molecule has 2 rings (SSSR count). The minimum atomic E-state index is -0.0330. The van der Waals surface area contributed by atoms with Crippen LogP contribution in [0.15, 0.2) is 16.9 Å². The second kappa shape index (κ2) is 2.97. The third kappa shape index (κ3) is 1.14. The first-order chi connectivity index (χ1) is 6.61. The van der Waals surface area contributed by atoms with Crippen molar-refractivity contribution in [3.05, 3.63) is 28.0 Å². The number of hydrogen-bond donors (Lipinski definition) is 0. The van der Waals surface area contributed by atoms with E-state index in [4.69, 9.17) is 0 Å². The molecule has 0 amide bonds. The Labute approximate surface area is 81.8 Å². The van der Waals surface area contributed by atoms with Crippen molar-refractivity contribution >= 4 is 11.6 Å². The number of carbonyl (C=O) groups excluding carboxylic acids is 1. The van der Waals surface area contributed by atoms with Crippen molar-refractivity contribution in [1.82, 2.24) is 4.57 Å². The predicted octanol–water partition coefficient (Wildman–Crippen LogP) is 0.501. The molecule has 4 nitrogen and oxygen atoms in total. The van der Waals surface area contributed by atoms with Crippen LogP contribution in [-0.4, -0.2) is 23.9 Å². The molecular weight excluding hydrogens is 180 g/mol. The Kier molecular flexibility index (Phi) is 1.91. The van der Waals surface area contributed by atoms with Crippen LogP contribution in [0.3, 0.4) is 0 Å². The number of carbonyl (C=O) groups is 1. The molecule has 0 fully saturated rings. The number of Topliss-reactive ketones (excluding diaryl/α,β-unsaturated/α-hetero) is 1. The van der Waals surface area contributed by atoms with Crippen molar-refractivity contribution in [3.63, 3.8) is 0 Å². The monoisotopic (exact) mass is 192 g/mol. The van der Waals surface area contributed by atoms with Gasteiger partial charge in [0.15, 0.2) is 5.78 Å². The fourth-order valence-electron chi connectivity index (χ4n) is 1.83. The highest BCUT2D eigenvalue weighted by Gasteiger charge is 2.21. The first-order valence-electron chi connectivity index (χ1n) is 4.57. The predicted molar refractivity (Wildman–Crippen MR) is 54.0 cm³/mol. The van der Waals surface area contributed by atoms with Crippen LogP contribution in [0.2, 0.25) is 0 Å². The summed E-state index contributed by atoms with van der Waals surface area (Å²) in [7, 11) is 1.89. The topological polar surface area (TPSA) is 42.3 Å². The Morgan fingerprint density at radius 2 is 2.07 bits per heavy atom. The molecule has 0 spiro atoms. The van der Waals surface area contributed by atoms with Gasteiger partial charge in [-0.15, -0.1) is 0 Å². The molecule has 0 unspecified atom stereocenters. The summed E-state index contributed by atoms with van der Waals surface area (Å²) in [5.41, 5.74) is 0.596. The summed E-state index contributed by atoms with van der Waals surface area (Å²) >= 11 is 0. The maximum Gasteiger partial charge on any atom is 0.252 e. The smallest absolute Gasteiger partial charge is 0.252 e. The molecule has 2 heterocycles. The van der Waals surface area contributed by atoms with Crippen molar-refractivity contribution in [1.29, 1.82) is 0 Å². The Morgan fingerprint density at radius 1 is 1.36 bits per heavy atom. The van der Waals surface area contributed by atoms with Gasteiger partial charge in [-0.3, -0.25) is 14.2 Å². The van der Waals surface area contributed by atoms with Gasteiger partial charge in [0.1, 0.15) is 5.82 Å². The van der Waals surface area contributed by atoms with Gasteiger partial charge in [0, 0.05) is 26.2 Å². The number of rotatable bonds is 1. The van der Waals surface area contributed by atoms with Crippen LogP contribution in [0.4, 0.5) is 5.82 Å². The lowest BCUT2D eigenvalue weighted by molar-refractivity contribution is 0.101. The van der Waals surface area contributed by atoms with Crippen molar-refractivity contribution in [2.24, 2.45) is 0 Å². The highest BCUT2D eigenvalue weighted by atomic mass is 16.1. The lowest BCUT2D eigenvalue weighted by atomic mass is 10.2. The van der Waals surface area contributed by atoms with Crippen LogP contribution in [-0.2, 0) is 6.54 Å². The van der Waals surface area contributed by atoms with Gasteiger partial charge in [0.25, 0.3) is 5.56 Å². The molecule has 1 aromatic rings. The highest BCUT2D eigenvalue weighted by Crippen LogP contribution is 2.22. The molecule has 0 saturated heterocycles. The molecule has 0 aliphatic carbocycles. The molecule has 0 saturated carbocycles. The van der Waals surface area contributed by atoms with Crippen LogP contribution in [0, 0.1) is 0 Å². The van der Waals surface area contributed by atoms with E-state index in [1.165, 1.54) is 13.0 Å². The average Bonchev–Trinajstić information content (AvgIpc) is 2.50. The molecule has 0 atom stereocenters. The average molecular weight is 192 g/mol. The second-order valence-electron chi connectivity index (χ2n) is 3.54. The Bertz CT molecular complexity index is 448. The molecule has 0 bridgehead atoms. The molecule has 1 aliphatic rings. The van der Waals surface area contributed by atoms with Gasteiger partial charge in [-0.2, -0.15) is 0 Å².